The molecule has 348 valence electrons. The Morgan fingerprint density at radius 3 is 1.90 bits per heavy atom. The van der Waals surface area contributed by atoms with Crippen molar-refractivity contribution in [2.75, 3.05) is 0 Å². The standard InChI is InChI=1S/C62H68N3O.Pt/c1-36(2)42-21-23-43(24-22-42)44-27-28-63-55(35-44)48-30-47(31-49(32-48)62(12,13)14)52-19-16-20-57-59(52)64-61(54-34-46(37(3)4)33-53(40(9)10)60(54)66)65(57)56-26-25-45(29-41(56)11)58-50(38(5)6)17-15-18-51(58)39(7)8;/h15-29,31-40,66H,1-14H3;/q-1;/i11D3,36D,38D,39D;. The summed E-state index contributed by atoms with van der Waals surface area (Å²) in [5, 5.41) is 12.4. The average Bonchev–Trinajstić information content (AvgIpc) is 3.69. The van der Waals surface area contributed by atoms with Crippen molar-refractivity contribution in [2.24, 2.45) is 0 Å². The third-order valence-electron chi connectivity index (χ3n) is 12.9. The van der Waals surface area contributed by atoms with E-state index in [9.17, 15) is 7.85 Å². The largest absolute Gasteiger partial charge is 0.507 e. The number of phenols is 1. The van der Waals surface area contributed by atoms with Crippen LogP contribution < -0.4 is 0 Å². The monoisotopic (exact) mass is 1070 g/mol. The summed E-state index contributed by atoms with van der Waals surface area (Å²) in [6.45, 7) is 23.2. The van der Waals surface area contributed by atoms with Gasteiger partial charge in [-0.25, -0.2) is 4.98 Å². The van der Waals surface area contributed by atoms with Crippen LogP contribution in [-0.2, 0) is 26.5 Å². The van der Waals surface area contributed by atoms with E-state index in [1.54, 1.807) is 6.07 Å². The fraction of sp³-hybridized carbons (Fsp3) is 0.323. The number of benzene rings is 6. The second kappa shape index (κ2) is 19.6. The molecule has 6 aromatic carbocycles. The Balaban J connectivity index is 0.00000780. The first-order chi connectivity index (χ1) is 33.4. The summed E-state index contributed by atoms with van der Waals surface area (Å²) < 4.78 is 56.2. The quantitative estimate of drug-likeness (QED) is 0.131. The van der Waals surface area contributed by atoms with Gasteiger partial charge in [-0.1, -0.05) is 174 Å². The predicted molar refractivity (Wildman–Crippen MR) is 280 cm³/mol. The molecule has 0 bridgehead atoms. The molecular weight excluding hydrogens is 998 g/mol. The predicted octanol–water partition coefficient (Wildman–Crippen LogP) is 17.5. The first-order valence-electron chi connectivity index (χ1n) is 26.3. The number of hydrogen-bond donors (Lipinski definition) is 1. The third-order valence-corrected chi connectivity index (χ3v) is 12.9. The number of hydrogen-bond acceptors (Lipinski definition) is 3. The fourth-order valence-electron chi connectivity index (χ4n) is 8.99. The van der Waals surface area contributed by atoms with Crippen LogP contribution in [0.25, 0.3) is 72.7 Å². The number of nitrogens with zero attached hydrogens (tertiary/aromatic N) is 3. The molecule has 0 unspecified atom stereocenters. The van der Waals surface area contributed by atoms with Crippen LogP contribution in [0.1, 0.15) is 167 Å². The number of fused-ring (bicyclic) bond motifs is 1. The molecular formula is C62H68N3OPt-. The molecule has 0 saturated heterocycles. The molecule has 0 atom stereocenters. The van der Waals surface area contributed by atoms with Gasteiger partial charge in [-0.05, 0) is 128 Å². The summed E-state index contributed by atoms with van der Waals surface area (Å²) in [6, 6.07) is 41.3. The summed E-state index contributed by atoms with van der Waals surface area (Å²) >= 11 is 0. The van der Waals surface area contributed by atoms with Crippen molar-refractivity contribution in [1.29, 1.82) is 0 Å². The van der Waals surface area contributed by atoms with Gasteiger partial charge < -0.3 is 5.11 Å². The van der Waals surface area contributed by atoms with E-state index in [4.69, 9.17) is 15.5 Å². The molecule has 2 heterocycles. The minimum absolute atomic E-state index is 0. The summed E-state index contributed by atoms with van der Waals surface area (Å²) in [4.78, 5) is 10.4. The van der Waals surface area contributed by atoms with Crippen molar-refractivity contribution in [3.8, 4) is 67.5 Å². The van der Waals surface area contributed by atoms with E-state index in [1.807, 2.05) is 139 Å². The van der Waals surface area contributed by atoms with Crippen LogP contribution >= 0.6 is 0 Å². The first-order valence-corrected chi connectivity index (χ1v) is 23.3. The van der Waals surface area contributed by atoms with E-state index in [0.29, 0.717) is 50.4 Å². The topological polar surface area (TPSA) is 50.9 Å². The van der Waals surface area contributed by atoms with Crippen LogP contribution in [0.15, 0.2) is 121 Å². The molecule has 0 spiro atoms. The Labute approximate surface area is 423 Å². The van der Waals surface area contributed by atoms with Gasteiger partial charge >= 0.3 is 0 Å². The number of pyridine rings is 1. The van der Waals surface area contributed by atoms with Gasteiger partial charge in [0.25, 0.3) is 0 Å². The van der Waals surface area contributed by atoms with Crippen molar-refractivity contribution >= 4 is 11.0 Å². The maximum atomic E-state index is 12.4. The molecule has 0 amide bonds. The SMILES string of the molecule is [2H]C([2H])([2H])c1cc(-c2c(C([2H])(C)C)cccc2C([2H])(C)C)ccc1-n1c(-c2cc(C(C)C)cc(C(C)C)c2O)nc2c(-c3[c-]c(-c4cc(-c5ccc(C([2H])(C)C)cc5)ccn4)cc(C(C)(C)C)c3)cccc21.[Pt]. The Morgan fingerprint density at radius 2 is 1.28 bits per heavy atom. The first kappa shape index (κ1) is 41.6. The van der Waals surface area contributed by atoms with Crippen LogP contribution in [0.2, 0.25) is 0 Å². The van der Waals surface area contributed by atoms with E-state index in [0.717, 1.165) is 55.8 Å². The Bertz CT molecular complexity index is 3310. The molecule has 5 heteroatoms. The zero-order chi connectivity index (χ0) is 52.6. The number of aromatic hydroxyl groups is 1. The van der Waals surface area contributed by atoms with Gasteiger partial charge in [0.2, 0.25) is 0 Å². The fourth-order valence-corrected chi connectivity index (χ4v) is 8.99. The van der Waals surface area contributed by atoms with Crippen LogP contribution in [-0.4, -0.2) is 19.6 Å². The van der Waals surface area contributed by atoms with Gasteiger partial charge in [-0.2, -0.15) is 0 Å². The summed E-state index contributed by atoms with van der Waals surface area (Å²) in [7, 11) is 0. The van der Waals surface area contributed by atoms with Crippen molar-refractivity contribution in [3.63, 3.8) is 0 Å². The third kappa shape index (κ3) is 9.75. The minimum Gasteiger partial charge on any atom is -0.507 e. The molecule has 8 rings (SSSR count). The molecule has 4 nitrogen and oxygen atoms in total. The van der Waals surface area contributed by atoms with E-state index >= 15 is 0 Å². The second-order valence-electron chi connectivity index (χ2n) is 20.2. The normalized spacial score (nSPS) is 14.0. The van der Waals surface area contributed by atoms with Gasteiger partial charge in [0.15, 0.2) is 0 Å². The number of phenolic OH excluding ortho intramolecular Hbond substituents is 1. The van der Waals surface area contributed by atoms with Crippen LogP contribution in [0, 0.1) is 12.9 Å². The van der Waals surface area contributed by atoms with E-state index < -0.39 is 24.5 Å². The number of aryl methyl sites for hydroxylation is 1. The van der Waals surface area contributed by atoms with E-state index in [1.165, 1.54) is 0 Å². The smallest absolute Gasteiger partial charge is 0.148 e. The summed E-state index contributed by atoms with van der Waals surface area (Å²) in [5.74, 6) is -2.27. The molecule has 8 aromatic rings. The van der Waals surface area contributed by atoms with Crippen LogP contribution in [0.5, 0.6) is 5.75 Å². The Morgan fingerprint density at radius 1 is 0.627 bits per heavy atom. The molecule has 1 N–H and O–H groups in total. The molecule has 0 saturated carbocycles. The van der Waals surface area contributed by atoms with Crippen molar-refractivity contribution in [2.45, 2.75) is 132 Å². The van der Waals surface area contributed by atoms with Gasteiger partial charge in [0.05, 0.1) is 22.3 Å². The zero-order valence-corrected chi connectivity index (χ0v) is 43.6. The Hall–Kier alpha value is -5.57. The van der Waals surface area contributed by atoms with Gasteiger partial charge in [0, 0.05) is 41.2 Å². The van der Waals surface area contributed by atoms with Crippen molar-refractivity contribution in [1.82, 2.24) is 14.5 Å². The van der Waals surface area contributed by atoms with E-state index in [-0.39, 0.29) is 49.6 Å². The minimum atomic E-state index is -2.63. The Kier molecular flexibility index (Phi) is 12.2. The summed E-state index contributed by atoms with van der Waals surface area (Å²) in [5.41, 5.74) is 13.4. The van der Waals surface area contributed by atoms with Crippen LogP contribution in [0.4, 0.5) is 0 Å². The van der Waals surface area contributed by atoms with Crippen molar-refractivity contribution in [3.05, 3.63) is 166 Å². The van der Waals surface area contributed by atoms with Crippen molar-refractivity contribution < 1.29 is 34.4 Å². The number of rotatable bonds is 11. The van der Waals surface area contributed by atoms with E-state index in [2.05, 4.69) is 77.1 Å². The average molecular weight is 1070 g/mol. The second-order valence-corrected chi connectivity index (χ2v) is 20.2. The maximum Gasteiger partial charge on any atom is 0.148 e. The summed E-state index contributed by atoms with van der Waals surface area (Å²) in [6.07, 6.45) is 1.82. The molecule has 0 aliphatic rings. The molecule has 2 aromatic heterocycles. The van der Waals surface area contributed by atoms with Gasteiger partial charge in [0.1, 0.15) is 11.6 Å². The zero-order valence-electron chi connectivity index (χ0n) is 47.3. The molecule has 0 aliphatic carbocycles. The van der Waals surface area contributed by atoms with Gasteiger partial charge in [-0.3, -0.25) is 9.55 Å². The molecule has 0 fully saturated rings. The van der Waals surface area contributed by atoms with Crippen LogP contribution in [0.3, 0.4) is 0 Å². The number of aromatic nitrogens is 3. The van der Waals surface area contributed by atoms with Gasteiger partial charge in [-0.15, -0.1) is 29.3 Å². The number of para-hydroxylation sites is 1. The maximum absolute atomic E-state index is 12.4. The molecule has 67 heavy (non-hydrogen) atoms. The molecule has 0 aliphatic heterocycles. The molecule has 0 radical (unpaired) electrons. The number of imidazole rings is 1.